The molecule has 11 rings (SSSR count). The lowest BCUT2D eigenvalue weighted by atomic mass is 9.34. The molecule has 7 aromatic carbocycles. The van der Waals surface area contributed by atoms with E-state index < -0.39 is 0 Å². The van der Waals surface area contributed by atoms with Crippen molar-refractivity contribution in [3.63, 3.8) is 0 Å². The minimum Gasteiger partial charge on any atom is -0.458 e. The van der Waals surface area contributed by atoms with E-state index in [4.69, 9.17) is 9.47 Å². The highest BCUT2D eigenvalue weighted by Crippen LogP contribution is 2.56. The average Bonchev–Trinajstić information content (AvgIpc) is 3.67. The minimum atomic E-state index is -0.316. The van der Waals surface area contributed by atoms with Crippen molar-refractivity contribution >= 4 is 44.9 Å². The third-order valence-electron chi connectivity index (χ3n) is 14.0. The summed E-state index contributed by atoms with van der Waals surface area (Å²) in [5, 5.41) is 2.58. The molecule has 0 radical (unpaired) electrons. The number of hydrogen-bond donors (Lipinski definition) is 0. The Morgan fingerprint density at radius 1 is 0.508 bits per heavy atom. The van der Waals surface area contributed by atoms with Gasteiger partial charge < -0.3 is 14.0 Å². The van der Waals surface area contributed by atoms with E-state index in [-0.39, 0.29) is 28.4 Å². The second-order valence-electron chi connectivity index (χ2n) is 21.4. The van der Waals surface area contributed by atoms with Crippen LogP contribution in [0.1, 0.15) is 104 Å². The van der Waals surface area contributed by atoms with E-state index in [1.807, 2.05) is 0 Å². The molecule has 0 saturated heterocycles. The normalized spacial score (nSPS) is 14.8. The van der Waals surface area contributed by atoms with Gasteiger partial charge in [0.1, 0.15) is 23.0 Å². The van der Waals surface area contributed by atoms with E-state index in [1.165, 1.54) is 77.4 Å². The lowest BCUT2D eigenvalue weighted by Crippen LogP contribution is -2.58. The molecule has 302 valence electrons. The number of ether oxygens (including phenoxy) is 2. The van der Waals surface area contributed by atoms with Crippen LogP contribution < -0.4 is 25.9 Å². The topological polar surface area (TPSA) is 23.4 Å². The summed E-state index contributed by atoms with van der Waals surface area (Å²) >= 11 is 0. The van der Waals surface area contributed by atoms with E-state index in [9.17, 15) is 0 Å². The van der Waals surface area contributed by atoms with Crippen LogP contribution in [0.15, 0.2) is 127 Å². The molecule has 4 heteroatoms. The van der Waals surface area contributed by atoms with Gasteiger partial charge in [-0.2, -0.15) is 0 Å². The first-order valence-corrected chi connectivity index (χ1v) is 22.0. The highest BCUT2D eigenvalue weighted by Gasteiger charge is 2.47. The fraction of sp³-hybridized carbons (Fsp3) is 0.263. The lowest BCUT2D eigenvalue weighted by molar-refractivity contribution is 0.464. The van der Waals surface area contributed by atoms with E-state index in [0.717, 1.165) is 39.6 Å². The Bertz CT molecular complexity index is 3090. The molecule has 0 bridgehead atoms. The van der Waals surface area contributed by atoms with Crippen molar-refractivity contribution < 1.29 is 9.47 Å². The average molecular weight is 796 g/mol. The molecule has 0 saturated carbocycles. The van der Waals surface area contributed by atoms with Crippen molar-refractivity contribution in [1.29, 1.82) is 0 Å². The van der Waals surface area contributed by atoms with Gasteiger partial charge in [-0.1, -0.05) is 155 Å². The third-order valence-corrected chi connectivity index (χ3v) is 14.0. The summed E-state index contributed by atoms with van der Waals surface area (Å²) < 4.78 is 17.0. The summed E-state index contributed by atoms with van der Waals surface area (Å²) in [6, 6.07) is 47.8. The van der Waals surface area contributed by atoms with Gasteiger partial charge in [0.05, 0.1) is 16.7 Å². The lowest BCUT2D eigenvalue weighted by Gasteiger charge is -2.36. The van der Waals surface area contributed by atoms with Gasteiger partial charge in [-0.05, 0) is 120 Å². The number of hydrogen-bond acceptors (Lipinski definition) is 2. The smallest absolute Gasteiger partial charge is 0.260 e. The summed E-state index contributed by atoms with van der Waals surface area (Å²) in [7, 11) is 0. The summed E-state index contributed by atoms with van der Waals surface area (Å²) in [5.74, 6) is 3.56. The molecule has 0 fully saturated rings. The van der Waals surface area contributed by atoms with Gasteiger partial charge in [0.25, 0.3) is 6.71 Å². The van der Waals surface area contributed by atoms with Gasteiger partial charge in [-0.3, -0.25) is 0 Å². The molecule has 0 unspecified atom stereocenters. The highest BCUT2D eigenvalue weighted by atomic mass is 16.5. The van der Waals surface area contributed by atoms with Crippen LogP contribution in [0.4, 0.5) is 0 Å². The number of aromatic nitrogens is 1. The molecule has 3 heterocycles. The van der Waals surface area contributed by atoms with Crippen molar-refractivity contribution in [3.8, 4) is 50.9 Å². The molecule has 1 aromatic heterocycles. The Morgan fingerprint density at radius 3 is 1.69 bits per heavy atom. The number of fused-ring (bicyclic) bond motifs is 11. The SMILES string of the molecule is CC(C)(C)c1ccc2c(c1)B1c3cc(-n4c5ccc(C(C)(C)C)cc5c5cc(C(C)(C)C)ccc54)c4c(c3Oc3cc(-c5ccccc5)cc(c31)O2)-c1ccccc1C4(C)C. The molecular formula is C57H54BNO2. The predicted octanol–water partition coefficient (Wildman–Crippen LogP) is 13.4. The fourth-order valence-corrected chi connectivity index (χ4v) is 10.6. The van der Waals surface area contributed by atoms with Crippen LogP contribution >= 0.6 is 0 Å². The predicted molar refractivity (Wildman–Crippen MR) is 258 cm³/mol. The third kappa shape index (κ3) is 5.57. The summed E-state index contributed by atoms with van der Waals surface area (Å²) in [6.07, 6.45) is 0. The Morgan fingerprint density at radius 2 is 1.07 bits per heavy atom. The standard InChI is InChI=1S/C57H54BNO2/c1-54(2,3)35-21-24-44-39(29-35)40-30-36(55(4,5)6)22-25-45(40)59(44)46-32-43-53(50-38-19-15-16-20-41(38)57(10,11)51(46)50)61-49-28-34(33-17-13-12-14-18-33)27-48-52(49)58(43)42-31-37(56(7,8)9)23-26-47(42)60-48/h12-32H,1-11H3. The second-order valence-corrected chi connectivity index (χ2v) is 21.4. The van der Waals surface area contributed by atoms with E-state index in [1.54, 1.807) is 0 Å². The molecule has 0 atom stereocenters. The maximum absolute atomic E-state index is 7.46. The summed E-state index contributed by atoms with van der Waals surface area (Å²) in [4.78, 5) is 0. The fourth-order valence-electron chi connectivity index (χ4n) is 10.6. The van der Waals surface area contributed by atoms with Crippen LogP contribution in [0.5, 0.6) is 23.0 Å². The first kappa shape index (κ1) is 38.0. The Labute approximate surface area is 361 Å². The van der Waals surface area contributed by atoms with Crippen molar-refractivity contribution in [2.45, 2.75) is 97.8 Å². The van der Waals surface area contributed by atoms with Crippen LogP contribution in [-0.2, 0) is 21.7 Å². The monoisotopic (exact) mass is 795 g/mol. The van der Waals surface area contributed by atoms with Crippen molar-refractivity contribution in [2.24, 2.45) is 0 Å². The largest absolute Gasteiger partial charge is 0.458 e. The first-order valence-electron chi connectivity index (χ1n) is 22.0. The van der Waals surface area contributed by atoms with Crippen molar-refractivity contribution in [2.75, 3.05) is 0 Å². The molecule has 1 aliphatic carbocycles. The van der Waals surface area contributed by atoms with Gasteiger partial charge in [0, 0.05) is 27.2 Å². The van der Waals surface area contributed by atoms with E-state index in [0.29, 0.717) is 0 Å². The Balaban J connectivity index is 1.28. The summed E-state index contributed by atoms with van der Waals surface area (Å²) in [6.45, 7) is 25.5. The van der Waals surface area contributed by atoms with Gasteiger partial charge in [0.15, 0.2) is 0 Å². The maximum Gasteiger partial charge on any atom is 0.260 e. The minimum absolute atomic E-state index is 0.00607. The molecule has 0 N–H and O–H groups in total. The molecule has 8 aromatic rings. The van der Waals surface area contributed by atoms with Crippen molar-refractivity contribution in [1.82, 2.24) is 4.57 Å². The molecule has 61 heavy (non-hydrogen) atoms. The zero-order valence-electron chi connectivity index (χ0n) is 37.5. The number of nitrogens with zero attached hydrogens (tertiary/aromatic N) is 1. The zero-order chi connectivity index (χ0) is 42.5. The summed E-state index contributed by atoms with van der Waals surface area (Å²) in [5.41, 5.74) is 18.0. The van der Waals surface area contributed by atoms with Gasteiger partial charge in [-0.25, -0.2) is 0 Å². The second kappa shape index (κ2) is 12.5. The van der Waals surface area contributed by atoms with Crippen LogP contribution in [0.2, 0.25) is 0 Å². The van der Waals surface area contributed by atoms with Gasteiger partial charge >= 0.3 is 0 Å². The zero-order valence-corrected chi connectivity index (χ0v) is 37.5. The molecule has 0 amide bonds. The highest BCUT2D eigenvalue weighted by molar-refractivity contribution is 6.98. The Hall–Kier alpha value is -6.00. The van der Waals surface area contributed by atoms with Crippen LogP contribution in [0.3, 0.4) is 0 Å². The van der Waals surface area contributed by atoms with Crippen molar-refractivity contribution in [3.05, 3.63) is 155 Å². The number of benzene rings is 7. The van der Waals surface area contributed by atoms with E-state index in [2.05, 4.69) is 208 Å². The van der Waals surface area contributed by atoms with Crippen LogP contribution in [0.25, 0.3) is 49.7 Å². The molecule has 3 nitrogen and oxygen atoms in total. The van der Waals surface area contributed by atoms with Crippen LogP contribution in [0, 0.1) is 0 Å². The molecule has 0 spiro atoms. The quantitative estimate of drug-likeness (QED) is 0.163. The van der Waals surface area contributed by atoms with Gasteiger partial charge in [0.2, 0.25) is 0 Å². The molecule has 2 aliphatic heterocycles. The maximum atomic E-state index is 7.46. The number of rotatable bonds is 2. The first-order chi connectivity index (χ1) is 28.9. The molecule has 3 aliphatic rings. The van der Waals surface area contributed by atoms with E-state index >= 15 is 0 Å². The Kier molecular flexibility index (Phi) is 7.80. The molecular weight excluding hydrogens is 741 g/mol. The van der Waals surface area contributed by atoms with Crippen LogP contribution in [-0.4, -0.2) is 11.3 Å². The van der Waals surface area contributed by atoms with Gasteiger partial charge in [-0.15, -0.1) is 0 Å².